The van der Waals surface area contributed by atoms with Crippen LogP contribution >= 0.6 is 11.8 Å². The molecule has 18 heavy (non-hydrogen) atoms. The summed E-state index contributed by atoms with van der Waals surface area (Å²) in [5.74, 6) is 0.847. The van der Waals surface area contributed by atoms with E-state index in [2.05, 4.69) is 13.8 Å². The van der Waals surface area contributed by atoms with Crippen LogP contribution in [-0.2, 0) is 16.4 Å². The largest absolute Gasteiger partial charge is 0.326 e. The summed E-state index contributed by atoms with van der Waals surface area (Å²) in [7, 11) is -3.15. The number of thioether (sulfide) groups is 1. The van der Waals surface area contributed by atoms with Gasteiger partial charge in [-0.05, 0) is 24.1 Å². The van der Waals surface area contributed by atoms with E-state index in [4.69, 9.17) is 5.73 Å². The lowest BCUT2D eigenvalue weighted by Gasteiger charge is -2.09. The van der Waals surface area contributed by atoms with Crippen LogP contribution in [0, 0.1) is 0 Å². The number of hydrogen-bond acceptors (Lipinski definition) is 4. The molecule has 0 amide bonds. The van der Waals surface area contributed by atoms with Crippen molar-refractivity contribution >= 4 is 21.6 Å². The van der Waals surface area contributed by atoms with Crippen LogP contribution < -0.4 is 5.73 Å². The molecule has 0 aliphatic rings. The average Bonchev–Trinajstić information content (AvgIpc) is 2.38. The van der Waals surface area contributed by atoms with E-state index in [0.717, 1.165) is 12.0 Å². The van der Waals surface area contributed by atoms with Crippen molar-refractivity contribution in [3.63, 3.8) is 0 Å². The van der Waals surface area contributed by atoms with Gasteiger partial charge in [0.15, 0.2) is 9.84 Å². The second-order valence-corrected chi connectivity index (χ2v) is 7.91. The van der Waals surface area contributed by atoms with Crippen molar-refractivity contribution in [3.8, 4) is 0 Å². The van der Waals surface area contributed by atoms with Crippen LogP contribution in [0.15, 0.2) is 29.2 Å². The highest BCUT2D eigenvalue weighted by Crippen LogP contribution is 2.17. The normalized spacial score (nSPS) is 13.5. The van der Waals surface area contributed by atoms with Gasteiger partial charge in [-0.2, -0.15) is 11.8 Å². The molecule has 102 valence electrons. The molecule has 0 aromatic heterocycles. The quantitative estimate of drug-likeness (QED) is 0.837. The Morgan fingerprint density at radius 1 is 1.28 bits per heavy atom. The molecule has 2 N–H and O–H groups in total. The first-order chi connectivity index (χ1) is 8.49. The van der Waals surface area contributed by atoms with E-state index in [0.29, 0.717) is 22.4 Å². The first-order valence-corrected chi connectivity index (χ1v) is 8.83. The first-order valence-electron chi connectivity index (χ1n) is 6.13. The first kappa shape index (κ1) is 15.5. The van der Waals surface area contributed by atoms with Crippen LogP contribution in [0.2, 0.25) is 0 Å². The van der Waals surface area contributed by atoms with Gasteiger partial charge < -0.3 is 5.73 Å². The summed E-state index contributed by atoms with van der Waals surface area (Å²) >= 11 is 1.71. The van der Waals surface area contributed by atoms with Crippen molar-refractivity contribution in [3.05, 3.63) is 29.8 Å². The van der Waals surface area contributed by atoms with Gasteiger partial charge in [0, 0.05) is 17.5 Å². The zero-order valence-corrected chi connectivity index (χ0v) is 12.6. The molecule has 1 unspecified atom stereocenters. The molecule has 0 fully saturated rings. The SMILES string of the molecule is CCC(C)SCCS(=O)(=O)c1ccc(CN)cc1. The fourth-order valence-electron chi connectivity index (χ4n) is 1.43. The van der Waals surface area contributed by atoms with Crippen LogP contribution in [-0.4, -0.2) is 25.2 Å². The Kier molecular flexibility index (Phi) is 6.18. The second-order valence-electron chi connectivity index (χ2n) is 4.26. The molecular weight excluding hydrogens is 266 g/mol. The van der Waals surface area contributed by atoms with Crippen molar-refractivity contribution in [1.82, 2.24) is 0 Å². The van der Waals surface area contributed by atoms with Crippen LogP contribution in [0.4, 0.5) is 0 Å². The monoisotopic (exact) mass is 287 g/mol. The van der Waals surface area contributed by atoms with Gasteiger partial charge in [-0.15, -0.1) is 0 Å². The van der Waals surface area contributed by atoms with Crippen molar-refractivity contribution in [2.75, 3.05) is 11.5 Å². The highest BCUT2D eigenvalue weighted by Gasteiger charge is 2.14. The van der Waals surface area contributed by atoms with Crippen LogP contribution in [0.1, 0.15) is 25.8 Å². The lowest BCUT2D eigenvalue weighted by Crippen LogP contribution is -2.10. The minimum atomic E-state index is -3.15. The Labute approximate surface area is 114 Å². The molecule has 0 spiro atoms. The maximum Gasteiger partial charge on any atom is 0.179 e. The zero-order valence-electron chi connectivity index (χ0n) is 10.9. The van der Waals surface area contributed by atoms with Gasteiger partial charge in [-0.1, -0.05) is 26.0 Å². The van der Waals surface area contributed by atoms with Crippen LogP contribution in [0.3, 0.4) is 0 Å². The van der Waals surface area contributed by atoms with E-state index in [1.807, 2.05) is 0 Å². The van der Waals surface area contributed by atoms with Crippen LogP contribution in [0.5, 0.6) is 0 Å². The van der Waals surface area contributed by atoms with E-state index in [-0.39, 0.29) is 5.75 Å². The van der Waals surface area contributed by atoms with Gasteiger partial charge in [-0.3, -0.25) is 0 Å². The van der Waals surface area contributed by atoms with Crippen molar-refractivity contribution in [2.45, 2.75) is 37.0 Å². The third-order valence-electron chi connectivity index (χ3n) is 2.85. The van der Waals surface area contributed by atoms with E-state index in [1.54, 1.807) is 36.0 Å². The molecule has 1 aromatic carbocycles. The van der Waals surface area contributed by atoms with Gasteiger partial charge in [-0.25, -0.2) is 8.42 Å². The summed E-state index contributed by atoms with van der Waals surface area (Å²) in [6.07, 6.45) is 1.07. The molecule has 0 radical (unpaired) electrons. The molecule has 0 saturated carbocycles. The maximum absolute atomic E-state index is 12.1. The number of rotatable bonds is 7. The predicted molar refractivity (Wildman–Crippen MR) is 78.6 cm³/mol. The Hall–Kier alpha value is -0.520. The third-order valence-corrected chi connectivity index (χ3v) is 6.18. The summed E-state index contributed by atoms with van der Waals surface area (Å²) in [6.45, 7) is 4.66. The summed E-state index contributed by atoms with van der Waals surface area (Å²) in [4.78, 5) is 0.393. The summed E-state index contributed by atoms with van der Waals surface area (Å²) in [5.41, 5.74) is 6.43. The third kappa shape index (κ3) is 4.63. The van der Waals surface area contributed by atoms with Crippen molar-refractivity contribution in [1.29, 1.82) is 0 Å². The van der Waals surface area contributed by atoms with Crippen molar-refractivity contribution < 1.29 is 8.42 Å². The van der Waals surface area contributed by atoms with Gasteiger partial charge in [0.1, 0.15) is 0 Å². The van der Waals surface area contributed by atoms with E-state index in [9.17, 15) is 8.42 Å². The van der Waals surface area contributed by atoms with E-state index < -0.39 is 9.84 Å². The van der Waals surface area contributed by atoms with Gasteiger partial charge >= 0.3 is 0 Å². The molecule has 5 heteroatoms. The lowest BCUT2D eigenvalue weighted by molar-refractivity contribution is 0.597. The second kappa shape index (κ2) is 7.16. The number of hydrogen-bond donors (Lipinski definition) is 1. The lowest BCUT2D eigenvalue weighted by atomic mass is 10.2. The Balaban J connectivity index is 2.62. The van der Waals surface area contributed by atoms with Gasteiger partial charge in [0.25, 0.3) is 0 Å². The van der Waals surface area contributed by atoms with Crippen molar-refractivity contribution in [2.24, 2.45) is 5.73 Å². The standard InChI is InChI=1S/C13H21NO2S2/c1-3-11(2)17-8-9-18(15,16)13-6-4-12(10-14)5-7-13/h4-7,11H,3,8-10,14H2,1-2H3. The molecule has 1 atom stereocenters. The van der Waals surface area contributed by atoms with Gasteiger partial charge in [0.2, 0.25) is 0 Å². The van der Waals surface area contributed by atoms with Crippen LogP contribution in [0.25, 0.3) is 0 Å². The molecule has 1 aromatic rings. The Bertz CT molecular complexity index is 454. The van der Waals surface area contributed by atoms with Gasteiger partial charge in [0.05, 0.1) is 10.6 Å². The molecule has 0 aliphatic heterocycles. The summed E-state index contributed by atoms with van der Waals surface area (Å²) < 4.78 is 24.1. The molecular formula is C13H21NO2S2. The molecule has 0 heterocycles. The highest BCUT2D eigenvalue weighted by atomic mass is 32.2. The minimum absolute atomic E-state index is 0.198. The molecule has 0 saturated heterocycles. The molecule has 3 nitrogen and oxygen atoms in total. The highest BCUT2D eigenvalue weighted by molar-refractivity contribution is 8.01. The molecule has 1 rings (SSSR count). The smallest absolute Gasteiger partial charge is 0.179 e. The Morgan fingerprint density at radius 2 is 1.89 bits per heavy atom. The maximum atomic E-state index is 12.1. The summed E-state index contributed by atoms with van der Waals surface area (Å²) in [6, 6.07) is 6.83. The summed E-state index contributed by atoms with van der Waals surface area (Å²) in [5, 5.41) is 0.514. The number of benzene rings is 1. The predicted octanol–water partition coefficient (Wildman–Crippen LogP) is 2.45. The fourth-order valence-corrected chi connectivity index (χ4v) is 4.11. The minimum Gasteiger partial charge on any atom is -0.326 e. The average molecular weight is 287 g/mol. The van der Waals surface area contributed by atoms with E-state index >= 15 is 0 Å². The number of sulfone groups is 1. The molecule has 0 bridgehead atoms. The molecule has 0 aliphatic carbocycles. The van der Waals surface area contributed by atoms with E-state index in [1.165, 1.54) is 0 Å². The topological polar surface area (TPSA) is 60.2 Å². The fraction of sp³-hybridized carbons (Fsp3) is 0.538. The number of nitrogens with two attached hydrogens (primary N) is 1. The zero-order chi connectivity index (χ0) is 13.6. The Morgan fingerprint density at radius 3 is 2.39 bits per heavy atom.